The maximum Gasteiger partial charge on any atom is 0.376 e. The molecule has 19 heavy (non-hydrogen) atoms. The molecule has 6 heteroatoms. The number of carbonyl (C=O) groups excluding carboxylic acids is 1. The number of rotatable bonds is 4. The molecule has 0 spiro atoms. The molecule has 0 aromatic carbocycles. The van der Waals surface area contributed by atoms with Crippen molar-refractivity contribution in [3.05, 3.63) is 30.0 Å². The van der Waals surface area contributed by atoms with Gasteiger partial charge in [-0.2, -0.15) is 0 Å². The summed E-state index contributed by atoms with van der Waals surface area (Å²) in [4.78, 5) is 27.6. The van der Waals surface area contributed by atoms with Crippen LogP contribution < -0.4 is 4.90 Å². The first-order valence-corrected chi connectivity index (χ1v) is 5.91. The van der Waals surface area contributed by atoms with E-state index in [1.807, 2.05) is 6.07 Å². The van der Waals surface area contributed by atoms with Crippen molar-refractivity contribution in [1.29, 1.82) is 0 Å². The number of hydrogen-bond acceptors (Lipinski definition) is 5. The average molecular weight is 262 g/mol. The van der Waals surface area contributed by atoms with Crippen molar-refractivity contribution in [2.75, 3.05) is 31.2 Å². The number of carboxylic acids is 1. The van der Waals surface area contributed by atoms with E-state index >= 15 is 0 Å². The van der Waals surface area contributed by atoms with E-state index in [4.69, 9.17) is 9.84 Å². The van der Waals surface area contributed by atoms with Crippen molar-refractivity contribution in [2.45, 2.75) is 0 Å². The zero-order valence-electron chi connectivity index (χ0n) is 10.3. The van der Waals surface area contributed by atoms with Crippen LogP contribution in [0.5, 0.6) is 0 Å². The zero-order chi connectivity index (χ0) is 13.7. The monoisotopic (exact) mass is 262 g/mol. The lowest BCUT2D eigenvalue weighted by Gasteiger charge is -2.27. The molecule has 0 unspecified atom stereocenters. The number of hydrogen-bond donors (Lipinski definition) is 1. The lowest BCUT2D eigenvalue weighted by molar-refractivity contribution is -0.146. The minimum atomic E-state index is -1.46. The number of carbonyl (C=O) groups is 2. The molecule has 2 heterocycles. The van der Waals surface area contributed by atoms with E-state index in [1.54, 1.807) is 12.3 Å². The molecule has 6 nitrogen and oxygen atoms in total. The van der Waals surface area contributed by atoms with Crippen molar-refractivity contribution in [3.63, 3.8) is 0 Å². The van der Waals surface area contributed by atoms with Crippen LogP contribution >= 0.6 is 0 Å². The molecule has 1 saturated heterocycles. The number of aliphatic carboxylic acids is 1. The smallest absolute Gasteiger partial charge is 0.376 e. The Bertz CT molecular complexity index is 490. The van der Waals surface area contributed by atoms with Crippen molar-refractivity contribution in [3.8, 4) is 0 Å². The summed E-state index contributed by atoms with van der Waals surface area (Å²) >= 11 is 0. The summed E-state index contributed by atoms with van der Waals surface area (Å²) < 4.78 is 5.26. The van der Waals surface area contributed by atoms with Crippen molar-refractivity contribution in [2.24, 2.45) is 0 Å². The molecule has 1 aromatic rings. The van der Waals surface area contributed by atoms with Gasteiger partial charge >= 0.3 is 5.97 Å². The Labute approximate surface area is 110 Å². The quantitative estimate of drug-likeness (QED) is 0.631. The second-order valence-electron chi connectivity index (χ2n) is 4.05. The molecule has 0 aliphatic carbocycles. The Kier molecular flexibility index (Phi) is 4.25. The van der Waals surface area contributed by atoms with Crippen LogP contribution in [-0.4, -0.2) is 48.1 Å². The number of ether oxygens (including phenoxy) is 1. The predicted molar refractivity (Wildman–Crippen MR) is 68.9 cm³/mol. The van der Waals surface area contributed by atoms with Gasteiger partial charge in [0.25, 0.3) is 5.78 Å². The fourth-order valence-corrected chi connectivity index (χ4v) is 1.72. The molecule has 0 radical (unpaired) electrons. The van der Waals surface area contributed by atoms with Crippen LogP contribution in [-0.2, 0) is 14.3 Å². The van der Waals surface area contributed by atoms with Crippen LogP contribution in [0, 0.1) is 0 Å². The highest BCUT2D eigenvalue weighted by Gasteiger charge is 2.11. The fourth-order valence-electron chi connectivity index (χ4n) is 1.72. The first-order chi connectivity index (χ1) is 9.16. The maximum atomic E-state index is 10.9. The van der Waals surface area contributed by atoms with E-state index in [2.05, 4.69) is 9.88 Å². The summed E-state index contributed by atoms with van der Waals surface area (Å²) in [7, 11) is 0. The minimum Gasteiger partial charge on any atom is -0.475 e. The summed E-state index contributed by atoms with van der Waals surface area (Å²) in [5.74, 6) is -1.56. The van der Waals surface area contributed by atoms with Crippen LogP contribution in [0.3, 0.4) is 0 Å². The summed E-state index contributed by atoms with van der Waals surface area (Å²) in [5, 5.41) is 8.44. The van der Waals surface area contributed by atoms with E-state index < -0.39 is 11.8 Å². The SMILES string of the molecule is O=C(O)C(=O)C=Cc1ccc(N2CCOCC2)nc1. The lowest BCUT2D eigenvalue weighted by atomic mass is 10.2. The third-order valence-electron chi connectivity index (χ3n) is 2.74. The highest BCUT2D eigenvalue weighted by atomic mass is 16.5. The highest BCUT2D eigenvalue weighted by molar-refractivity contribution is 6.38. The van der Waals surface area contributed by atoms with E-state index in [0.717, 1.165) is 25.0 Å². The van der Waals surface area contributed by atoms with Crippen molar-refractivity contribution >= 4 is 23.6 Å². The Morgan fingerprint density at radius 1 is 1.32 bits per heavy atom. The summed E-state index contributed by atoms with van der Waals surface area (Å²) in [6, 6.07) is 3.64. The first-order valence-electron chi connectivity index (χ1n) is 5.91. The van der Waals surface area contributed by atoms with Crippen LogP contribution in [0.15, 0.2) is 24.4 Å². The van der Waals surface area contributed by atoms with E-state index in [0.29, 0.717) is 18.8 Å². The highest BCUT2D eigenvalue weighted by Crippen LogP contribution is 2.13. The Balaban J connectivity index is 2.01. The van der Waals surface area contributed by atoms with E-state index in [9.17, 15) is 9.59 Å². The van der Waals surface area contributed by atoms with E-state index in [1.165, 1.54) is 6.08 Å². The standard InChI is InChI=1S/C13H14N2O4/c16-11(13(17)18)3-1-10-2-4-12(14-9-10)15-5-7-19-8-6-15/h1-4,9H,5-8H2,(H,17,18). The molecular weight excluding hydrogens is 248 g/mol. The molecule has 100 valence electrons. The Morgan fingerprint density at radius 2 is 2.05 bits per heavy atom. The molecule has 0 saturated carbocycles. The van der Waals surface area contributed by atoms with Gasteiger partial charge in [-0.3, -0.25) is 4.79 Å². The molecule has 1 aliphatic rings. The maximum absolute atomic E-state index is 10.9. The van der Waals surface area contributed by atoms with Gasteiger partial charge in [0.15, 0.2) is 0 Å². The number of morpholine rings is 1. The normalized spacial score (nSPS) is 15.7. The lowest BCUT2D eigenvalue weighted by Crippen LogP contribution is -2.36. The molecule has 2 rings (SSSR count). The largest absolute Gasteiger partial charge is 0.475 e. The van der Waals surface area contributed by atoms with Gasteiger partial charge in [0.1, 0.15) is 5.82 Å². The second-order valence-corrected chi connectivity index (χ2v) is 4.05. The summed E-state index contributed by atoms with van der Waals surface area (Å²) in [5.41, 5.74) is 0.687. The molecule has 1 N–H and O–H groups in total. The Morgan fingerprint density at radius 3 is 2.63 bits per heavy atom. The molecule has 0 bridgehead atoms. The molecule has 0 amide bonds. The molecular formula is C13H14N2O4. The summed E-state index contributed by atoms with van der Waals surface area (Å²) in [6.07, 6.45) is 4.07. The van der Waals surface area contributed by atoms with Gasteiger partial charge in [-0.1, -0.05) is 0 Å². The van der Waals surface area contributed by atoms with Gasteiger partial charge in [0.05, 0.1) is 13.2 Å². The van der Waals surface area contributed by atoms with Gasteiger partial charge in [0.2, 0.25) is 0 Å². The van der Waals surface area contributed by atoms with Crippen LogP contribution in [0.1, 0.15) is 5.56 Å². The number of aromatic nitrogens is 1. The Hall–Kier alpha value is -2.21. The molecule has 0 atom stereocenters. The number of ketones is 1. The van der Waals surface area contributed by atoms with Gasteiger partial charge in [-0.25, -0.2) is 9.78 Å². The van der Waals surface area contributed by atoms with Gasteiger partial charge in [-0.15, -0.1) is 0 Å². The first kappa shape index (κ1) is 13.2. The van der Waals surface area contributed by atoms with Crippen LogP contribution in [0.25, 0.3) is 6.08 Å². The van der Waals surface area contributed by atoms with Gasteiger partial charge in [-0.05, 0) is 29.8 Å². The van der Waals surface area contributed by atoms with Crippen LogP contribution in [0.4, 0.5) is 5.82 Å². The fraction of sp³-hybridized carbons (Fsp3) is 0.308. The second kappa shape index (κ2) is 6.10. The molecule has 1 fully saturated rings. The number of nitrogens with zero attached hydrogens (tertiary/aromatic N) is 2. The van der Waals surface area contributed by atoms with Crippen molar-refractivity contribution < 1.29 is 19.4 Å². The third kappa shape index (κ3) is 3.62. The van der Waals surface area contributed by atoms with Crippen LogP contribution in [0.2, 0.25) is 0 Å². The summed E-state index contributed by atoms with van der Waals surface area (Å²) in [6.45, 7) is 2.99. The van der Waals surface area contributed by atoms with E-state index in [-0.39, 0.29) is 0 Å². The van der Waals surface area contributed by atoms with Gasteiger partial charge in [0, 0.05) is 19.3 Å². The van der Waals surface area contributed by atoms with Crippen molar-refractivity contribution in [1.82, 2.24) is 4.98 Å². The molecule has 1 aromatic heterocycles. The topological polar surface area (TPSA) is 79.7 Å². The average Bonchev–Trinajstić information content (AvgIpc) is 2.46. The zero-order valence-corrected chi connectivity index (χ0v) is 10.3. The number of pyridine rings is 1. The minimum absolute atomic E-state index is 0.687. The predicted octanol–water partition coefficient (Wildman–Crippen LogP) is 0.585. The number of carboxylic acid groups (broad SMARTS) is 1. The molecule has 1 aliphatic heterocycles. The third-order valence-corrected chi connectivity index (χ3v) is 2.74. The van der Waals surface area contributed by atoms with Gasteiger partial charge < -0.3 is 14.7 Å². The number of anilines is 1.